The number of phenolic OH excluding ortho intramolecular Hbond substituents is 1. The third kappa shape index (κ3) is 9.18. The van der Waals surface area contributed by atoms with Crippen LogP contribution in [0.5, 0.6) is 5.75 Å². The minimum Gasteiger partial charge on any atom is -0.507 e. The normalized spacial score (nSPS) is 19.9. The van der Waals surface area contributed by atoms with Crippen LogP contribution in [-0.2, 0) is 21.7 Å². The number of aromatic hydroxyl groups is 1. The average Bonchev–Trinajstić information content (AvgIpc) is 0.832. The van der Waals surface area contributed by atoms with Crippen molar-refractivity contribution in [1.82, 2.24) is 14.5 Å². The molecular weight excluding hydrogens is 839 g/mol. The Labute approximate surface area is 451 Å². The highest BCUT2D eigenvalue weighted by Crippen LogP contribution is 2.47. The number of aryl methyl sites for hydroxylation is 1. The maximum absolute atomic E-state index is 13.2. The van der Waals surface area contributed by atoms with Crippen molar-refractivity contribution in [2.75, 3.05) is 0 Å². The first-order valence-corrected chi connectivity index (χ1v) is 22.1. The van der Waals surface area contributed by atoms with E-state index in [2.05, 4.69) is 4.98 Å². The fourth-order valence-corrected chi connectivity index (χ4v) is 8.60. The number of phenols is 1. The van der Waals surface area contributed by atoms with Crippen LogP contribution in [0, 0.1) is 6.85 Å². The lowest BCUT2D eigenvalue weighted by Gasteiger charge is -2.28. The van der Waals surface area contributed by atoms with Crippen molar-refractivity contribution < 1.29 is 44.9 Å². The summed E-state index contributed by atoms with van der Waals surface area (Å²) < 4.78 is 258. The molecule has 0 aliphatic rings. The molecule has 0 fully saturated rings. The van der Waals surface area contributed by atoms with Crippen molar-refractivity contribution in [3.05, 3.63) is 192 Å². The third-order valence-electron chi connectivity index (χ3n) is 12.1. The number of aromatic nitrogens is 3. The zero-order valence-corrected chi connectivity index (χ0v) is 38.8. The molecular formula is C65H67N3O. The molecule has 4 heteroatoms. The Kier molecular flexibility index (Phi) is 5.96. The van der Waals surface area contributed by atoms with Gasteiger partial charge in [-0.3, -0.25) is 9.55 Å². The molecule has 0 aliphatic carbocycles. The molecule has 2 heterocycles. The van der Waals surface area contributed by atoms with Crippen LogP contribution in [0.2, 0.25) is 0 Å². The number of fused-ring (bicyclic) bond motifs is 1. The molecule has 0 bridgehead atoms. The summed E-state index contributed by atoms with van der Waals surface area (Å²) in [6.45, 7) is -17.5. The van der Waals surface area contributed by atoms with Crippen molar-refractivity contribution in [3.63, 3.8) is 0 Å². The highest BCUT2D eigenvalue weighted by Gasteiger charge is 2.30. The van der Waals surface area contributed by atoms with Crippen LogP contribution in [0.4, 0.5) is 0 Å². The second kappa shape index (κ2) is 17.5. The van der Waals surface area contributed by atoms with E-state index in [-0.39, 0.29) is 45.2 Å². The van der Waals surface area contributed by atoms with Crippen LogP contribution in [0.25, 0.3) is 83.9 Å². The van der Waals surface area contributed by atoms with E-state index < -0.39 is 163 Å². The van der Waals surface area contributed by atoms with Gasteiger partial charge in [0, 0.05) is 51.6 Å². The first kappa shape index (κ1) is 23.5. The lowest BCUT2D eigenvalue weighted by Crippen LogP contribution is -2.17. The summed E-state index contributed by atoms with van der Waals surface area (Å²) in [5, 5.41) is 13.2. The van der Waals surface area contributed by atoms with E-state index in [1.54, 1.807) is 18.2 Å². The molecule has 0 aliphatic heterocycles. The Morgan fingerprint density at radius 3 is 1.96 bits per heavy atom. The maximum atomic E-state index is 13.2. The molecule has 9 rings (SSSR count). The smallest absolute Gasteiger partial charge is 0.149 e. The minimum atomic E-state index is -4.34. The van der Waals surface area contributed by atoms with Crippen LogP contribution in [-0.4, -0.2) is 19.6 Å². The summed E-state index contributed by atoms with van der Waals surface area (Å²) in [7, 11) is 0. The predicted octanol–water partition coefficient (Wildman–Crippen LogP) is 17.6. The van der Waals surface area contributed by atoms with E-state index in [9.17, 15) is 10.6 Å². The lowest BCUT2D eigenvalue weighted by atomic mass is 9.78. The molecule has 0 atom stereocenters. The molecule has 9 aromatic rings. The second-order valence-corrected chi connectivity index (χ2v) is 19.2. The number of para-hydroxylation sites is 1. The van der Waals surface area contributed by atoms with E-state index in [0.717, 1.165) is 15.7 Å². The van der Waals surface area contributed by atoms with Gasteiger partial charge in [-0.1, -0.05) is 192 Å². The summed E-state index contributed by atoms with van der Waals surface area (Å²) >= 11 is 0. The Balaban J connectivity index is 1.54. The fraction of sp³-hybridized carbons (Fsp3) is 0.262. The summed E-state index contributed by atoms with van der Waals surface area (Å²) in [5.74, 6) is -2.40. The molecule has 0 spiro atoms. The lowest BCUT2D eigenvalue weighted by molar-refractivity contribution is 0.446. The SMILES string of the molecule is [2H]c1nc(-c2cc(-c3cccc4c3nc(-c3cc(C(C([2H])([2H])[2H])(C([2H])([2H])[2H])C([2H])([2H])[2H])cc(C(C([2H])([2H])[2H])(C([2H])([2H])[2H])C([2H])([2H])[2H])c3O)n4-c3ccc(-c4c(-c5ccccc5)cccc4C(C)(C)C)cc3C([2H])([2H])[2H])cc(C(C)(C)C)c2)c([2H])c(-c2c([2H])c([2H])c([2H])c([2H])c2[2H])c1[2H]. The fourth-order valence-electron chi connectivity index (χ4n) is 8.60. The molecule has 0 saturated carbocycles. The molecule has 2 aromatic heterocycles. The molecule has 69 heavy (non-hydrogen) atoms. The van der Waals surface area contributed by atoms with E-state index in [1.165, 1.54) is 36.4 Å². The zero-order chi connectivity index (χ0) is 73.7. The highest BCUT2D eigenvalue weighted by atomic mass is 16.3. The minimum absolute atomic E-state index is 0.0440. The number of benzene rings is 7. The van der Waals surface area contributed by atoms with Gasteiger partial charge in [0.25, 0.3) is 0 Å². The van der Waals surface area contributed by atoms with Crippen molar-refractivity contribution in [2.45, 2.75) is 111 Å². The van der Waals surface area contributed by atoms with Crippen molar-refractivity contribution in [3.8, 4) is 78.6 Å². The summed E-state index contributed by atoms with van der Waals surface area (Å²) in [4.78, 5) is 9.37. The standard InChI is InChI=1S/C65H67N3O/c1-41-34-45(58-50(43-24-18-15-19-25-43)26-20-28-53(58)64(8,9)10)30-31-56(41)68-57-29-21-27-51(59(57)67-61(68)52-39-49(63(5,6)7)40-54(60(52)69)65(11,12)13)46-35-47(37-48(36-46)62(2,3)4)55-38-44(32-33-66-55)42-22-16-14-17-23-42/h14-40,69H,1-13H3/i1D3,5D3,6D3,7D3,11D3,12D3,13D3,14D,16D,17D,22D,23D,32D,33D,38D. The molecule has 0 radical (unpaired) electrons. The van der Waals surface area contributed by atoms with E-state index >= 15 is 0 Å². The quantitative estimate of drug-likeness (QED) is 0.173. The Bertz CT molecular complexity index is 4550. The van der Waals surface area contributed by atoms with Gasteiger partial charge >= 0.3 is 0 Å². The average molecular weight is 935 g/mol. The molecule has 348 valence electrons. The number of rotatable bonds is 7. The number of pyridine rings is 1. The van der Waals surface area contributed by atoms with Crippen molar-refractivity contribution in [2.24, 2.45) is 0 Å². The monoisotopic (exact) mass is 935 g/mol. The van der Waals surface area contributed by atoms with Gasteiger partial charge in [-0.2, -0.15) is 0 Å². The molecule has 4 nitrogen and oxygen atoms in total. The Morgan fingerprint density at radius 2 is 1.25 bits per heavy atom. The van der Waals surface area contributed by atoms with Gasteiger partial charge in [-0.15, -0.1) is 0 Å². The largest absolute Gasteiger partial charge is 0.507 e. The van der Waals surface area contributed by atoms with Crippen LogP contribution in [0.15, 0.2) is 164 Å². The molecule has 0 unspecified atom stereocenters. The summed E-state index contributed by atoms with van der Waals surface area (Å²) in [6.07, 6.45) is -0.763. The maximum Gasteiger partial charge on any atom is 0.149 e. The van der Waals surface area contributed by atoms with Gasteiger partial charge in [0.2, 0.25) is 0 Å². The number of nitrogens with zero attached hydrogens (tertiary/aromatic N) is 3. The Morgan fingerprint density at radius 1 is 0.536 bits per heavy atom. The number of hydrogen-bond donors (Lipinski definition) is 1. The van der Waals surface area contributed by atoms with Gasteiger partial charge in [0.1, 0.15) is 11.6 Å². The zero-order valence-electron chi connectivity index (χ0n) is 67.8. The summed E-state index contributed by atoms with van der Waals surface area (Å²) in [6, 6.07) is 23.6. The molecule has 0 amide bonds. The van der Waals surface area contributed by atoms with E-state index in [0.29, 0.717) is 28.3 Å². The summed E-state index contributed by atoms with van der Waals surface area (Å²) in [5.41, 5.74) is -12.9. The van der Waals surface area contributed by atoms with Gasteiger partial charge < -0.3 is 5.11 Å². The molecule has 1 N–H and O–H groups in total. The number of hydrogen-bond acceptors (Lipinski definition) is 3. The van der Waals surface area contributed by atoms with Crippen LogP contribution in [0.1, 0.15) is 150 Å². The number of imidazole rings is 1. The van der Waals surface area contributed by atoms with Crippen molar-refractivity contribution >= 4 is 11.0 Å². The van der Waals surface area contributed by atoms with Gasteiger partial charge in [0.15, 0.2) is 0 Å². The topological polar surface area (TPSA) is 50.9 Å². The van der Waals surface area contributed by atoms with Crippen LogP contribution >= 0.6 is 0 Å². The van der Waals surface area contributed by atoms with Crippen LogP contribution in [0.3, 0.4) is 0 Å². The van der Waals surface area contributed by atoms with E-state index in [1.807, 2.05) is 90.1 Å². The predicted molar refractivity (Wildman–Crippen MR) is 293 cm³/mol. The molecule has 0 saturated heterocycles. The second-order valence-electron chi connectivity index (χ2n) is 19.2. The van der Waals surface area contributed by atoms with Crippen molar-refractivity contribution in [1.29, 1.82) is 0 Å². The first-order valence-electron chi connectivity index (χ1n) is 36.6. The first-order chi connectivity index (χ1) is 44.6. The highest BCUT2D eigenvalue weighted by molar-refractivity contribution is 5.97. The third-order valence-corrected chi connectivity index (χ3v) is 12.1. The Hall–Kier alpha value is -7.04. The van der Waals surface area contributed by atoms with E-state index in [4.69, 9.17) is 39.3 Å². The van der Waals surface area contributed by atoms with Crippen LogP contribution < -0.4 is 0 Å². The van der Waals surface area contributed by atoms with Gasteiger partial charge in [-0.05, 0) is 138 Å². The van der Waals surface area contributed by atoms with Gasteiger partial charge in [0.05, 0.1) is 38.9 Å². The molecule has 7 aromatic carbocycles. The van der Waals surface area contributed by atoms with Gasteiger partial charge in [-0.25, -0.2) is 4.98 Å².